The molecule has 1 heterocycles. The first-order valence-corrected chi connectivity index (χ1v) is 9.44. The summed E-state index contributed by atoms with van der Waals surface area (Å²) in [5, 5.41) is 14.9. The topological polar surface area (TPSA) is 95.4 Å². The zero-order valence-electron chi connectivity index (χ0n) is 17.0. The number of aliphatic hydroxyl groups is 1. The summed E-state index contributed by atoms with van der Waals surface area (Å²) in [4.78, 5) is 4.76. The number of benzene rings is 1. The van der Waals surface area contributed by atoms with E-state index >= 15 is 0 Å². The number of nitrogens with zero attached hydrogens (tertiary/aromatic N) is 3. The lowest BCUT2D eigenvalue weighted by Gasteiger charge is -2.32. The molecule has 7 nitrogen and oxygen atoms in total. The Hall–Kier alpha value is -1.83. The maximum Gasteiger partial charge on any atom is 0.188 e. The summed E-state index contributed by atoms with van der Waals surface area (Å²) in [7, 11) is 1.63. The smallest absolute Gasteiger partial charge is 0.188 e. The molecule has 1 saturated carbocycles. The second kappa shape index (κ2) is 9.11. The molecule has 8 heteroatoms. The lowest BCUT2D eigenvalue weighted by molar-refractivity contribution is 0.0943. The van der Waals surface area contributed by atoms with Gasteiger partial charge in [-0.25, -0.2) is 9.67 Å². The van der Waals surface area contributed by atoms with Crippen molar-refractivity contribution in [1.29, 1.82) is 0 Å². The van der Waals surface area contributed by atoms with Gasteiger partial charge in [0, 0.05) is 18.0 Å². The molecule has 3 atom stereocenters. The van der Waals surface area contributed by atoms with Gasteiger partial charge in [0.15, 0.2) is 5.82 Å². The van der Waals surface area contributed by atoms with Gasteiger partial charge in [0.2, 0.25) is 0 Å². The van der Waals surface area contributed by atoms with Crippen molar-refractivity contribution in [2.24, 2.45) is 5.73 Å². The van der Waals surface area contributed by atoms with E-state index in [0.717, 1.165) is 24.4 Å². The summed E-state index contributed by atoms with van der Waals surface area (Å²) in [6.07, 6.45) is 1.82. The van der Waals surface area contributed by atoms with E-state index in [9.17, 15) is 5.11 Å². The standard InChI is InChI=1S/C20H30N4O3.ClH/c1-20(2,3)24-19(13-8-9-16(21)17(25)10-13)22-18(23-24)12-27-15-7-5-6-14(11-15)26-4;/h5-7,11,13,16-17,25H,8-10,12,21H2,1-4H3;1H/t13-,16+,17+;/m0./s1. The Morgan fingerprint density at radius 3 is 2.61 bits per heavy atom. The van der Waals surface area contributed by atoms with Crippen LogP contribution in [0.3, 0.4) is 0 Å². The number of hydrogen-bond acceptors (Lipinski definition) is 6. The molecule has 2 aromatic rings. The molecule has 156 valence electrons. The van der Waals surface area contributed by atoms with E-state index in [1.54, 1.807) is 7.11 Å². The fourth-order valence-corrected chi connectivity index (χ4v) is 3.43. The normalized spacial score (nSPS) is 22.4. The Kier molecular flexibility index (Phi) is 7.31. The predicted octanol–water partition coefficient (Wildman–Crippen LogP) is 3.00. The van der Waals surface area contributed by atoms with Gasteiger partial charge in [0.25, 0.3) is 0 Å². The molecule has 28 heavy (non-hydrogen) atoms. The van der Waals surface area contributed by atoms with Crippen LogP contribution in [0.2, 0.25) is 0 Å². The van der Waals surface area contributed by atoms with E-state index in [1.807, 2.05) is 28.9 Å². The van der Waals surface area contributed by atoms with Crippen LogP contribution in [0, 0.1) is 0 Å². The van der Waals surface area contributed by atoms with Crippen molar-refractivity contribution in [3.8, 4) is 11.5 Å². The van der Waals surface area contributed by atoms with E-state index in [1.165, 1.54) is 0 Å². The molecule has 1 aromatic carbocycles. The SMILES string of the molecule is COc1cccc(OCc2nc([C@H]3CC[C@@H](N)[C@H](O)C3)n(C(C)(C)C)n2)c1.Cl. The molecule has 3 N–H and O–H groups in total. The van der Waals surface area contributed by atoms with E-state index in [4.69, 9.17) is 25.3 Å². The lowest BCUT2D eigenvalue weighted by atomic mass is 9.83. The lowest BCUT2D eigenvalue weighted by Crippen LogP contribution is -2.40. The van der Waals surface area contributed by atoms with Gasteiger partial charge in [-0.05, 0) is 52.2 Å². The number of hydrogen-bond donors (Lipinski definition) is 2. The van der Waals surface area contributed by atoms with E-state index in [2.05, 4.69) is 20.8 Å². The Morgan fingerprint density at radius 2 is 1.96 bits per heavy atom. The quantitative estimate of drug-likeness (QED) is 0.786. The average Bonchev–Trinajstić information content (AvgIpc) is 3.07. The fourth-order valence-electron chi connectivity index (χ4n) is 3.43. The van der Waals surface area contributed by atoms with Crippen LogP contribution in [0.25, 0.3) is 0 Å². The largest absolute Gasteiger partial charge is 0.497 e. The summed E-state index contributed by atoms with van der Waals surface area (Å²) in [6, 6.07) is 7.32. The highest BCUT2D eigenvalue weighted by atomic mass is 35.5. The molecule has 1 aromatic heterocycles. The van der Waals surface area contributed by atoms with Crippen molar-refractivity contribution in [3.63, 3.8) is 0 Å². The number of aromatic nitrogens is 3. The Balaban J connectivity index is 0.00000280. The Bertz CT molecular complexity index is 775. The van der Waals surface area contributed by atoms with Gasteiger partial charge in [0.1, 0.15) is 23.9 Å². The van der Waals surface area contributed by atoms with Crippen LogP contribution in [-0.2, 0) is 12.1 Å². The molecule has 3 rings (SSSR count). The third kappa shape index (κ3) is 5.16. The van der Waals surface area contributed by atoms with Gasteiger partial charge in [-0.1, -0.05) is 6.07 Å². The molecule has 1 aliphatic carbocycles. The van der Waals surface area contributed by atoms with Crippen molar-refractivity contribution < 1.29 is 14.6 Å². The minimum absolute atomic E-state index is 0. The highest BCUT2D eigenvalue weighted by Crippen LogP contribution is 2.33. The summed E-state index contributed by atoms with van der Waals surface area (Å²) in [5.74, 6) is 3.14. The van der Waals surface area contributed by atoms with Crippen LogP contribution in [0.15, 0.2) is 24.3 Å². The third-order valence-corrected chi connectivity index (χ3v) is 4.95. The van der Waals surface area contributed by atoms with E-state index in [-0.39, 0.29) is 36.5 Å². The number of aliphatic hydroxyl groups excluding tert-OH is 1. The van der Waals surface area contributed by atoms with Gasteiger partial charge >= 0.3 is 0 Å². The van der Waals surface area contributed by atoms with Crippen LogP contribution < -0.4 is 15.2 Å². The van der Waals surface area contributed by atoms with Gasteiger partial charge in [-0.15, -0.1) is 12.4 Å². The zero-order valence-corrected chi connectivity index (χ0v) is 17.8. The van der Waals surface area contributed by atoms with Crippen molar-refractivity contribution in [3.05, 3.63) is 35.9 Å². The summed E-state index contributed by atoms with van der Waals surface area (Å²) in [6.45, 7) is 6.58. The van der Waals surface area contributed by atoms with Gasteiger partial charge in [-0.2, -0.15) is 5.10 Å². The molecule has 0 aliphatic heterocycles. The molecular formula is C20H31ClN4O3. The molecule has 0 bridgehead atoms. The van der Waals surface area contributed by atoms with Crippen LogP contribution in [-0.4, -0.2) is 39.1 Å². The summed E-state index contributed by atoms with van der Waals surface area (Å²) >= 11 is 0. The molecule has 1 aliphatic rings. The van der Waals surface area contributed by atoms with E-state index in [0.29, 0.717) is 18.0 Å². The van der Waals surface area contributed by atoms with Crippen molar-refractivity contribution in [2.45, 2.75) is 70.2 Å². The molecular weight excluding hydrogens is 380 g/mol. The van der Waals surface area contributed by atoms with Crippen LogP contribution in [0.5, 0.6) is 11.5 Å². The van der Waals surface area contributed by atoms with Crippen LogP contribution in [0.4, 0.5) is 0 Å². The minimum Gasteiger partial charge on any atom is -0.497 e. The maximum absolute atomic E-state index is 10.2. The second-order valence-electron chi connectivity index (χ2n) is 8.18. The molecule has 0 saturated heterocycles. The highest BCUT2D eigenvalue weighted by Gasteiger charge is 2.33. The Morgan fingerprint density at radius 1 is 1.25 bits per heavy atom. The second-order valence-corrected chi connectivity index (χ2v) is 8.18. The Labute approximate surface area is 172 Å². The van der Waals surface area contributed by atoms with Crippen molar-refractivity contribution in [2.75, 3.05) is 7.11 Å². The fraction of sp³-hybridized carbons (Fsp3) is 0.600. The number of rotatable bonds is 5. The van der Waals surface area contributed by atoms with Crippen LogP contribution in [0.1, 0.15) is 57.6 Å². The van der Waals surface area contributed by atoms with Gasteiger partial charge < -0.3 is 20.3 Å². The first kappa shape index (κ1) is 22.5. The number of ether oxygens (including phenoxy) is 2. The molecule has 1 fully saturated rings. The first-order chi connectivity index (χ1) is 12.8. The zero-order chi connectivity index (χ0) is 19.6. The molecule has 0 amide bonds. The van der Waals surface area contributed by atoms with Crippen molar-refractivity contribution in [1.82, 2.24) is 14.8 Å². The first-order valence-electron chi connectivity index (χ1n) is 9.44. The predicted molar refractivity (Wildman–Crippen MR) is 110 cm³/mol. The molecule has 0 radical (unpaired) electrons. The summed E-state index contributed by atoms with van der Waals surface area (Å²) in [5.41, 5.74) is 5.75. The third-order valence-electron chi connectivity index (χ3n) is 4.95. The monoisotopic (exact) mass is 410 g/mol. The molecule has 0 spiro atoms. The molecule has 0 unspecified atom stereocenters. The number of methoxy groups -OCH3 is 1. The van der Waals surface area contributed by atoms with Crippen LogP contribution >= 0.6 is 12.4 Å². The number of halogens is 1. The minimum atomic E-state index is -0.495. The maximum atomic E-state index is 10.2. The highest BCUT2D eigenvalue weighted by molar-refractivity contribution is 5.85. The summed E-state index contributed by atoms with van der Waals surface area (Å²) < 4.78 is 13.0. The average molecular weight is 411 g/mol. The van der Waals surface area contributed by atoms with E-state index < -0.39 is 6.10 Å². The number of nitrogens with two attached hydrogens (primary N) is 1. The van der Waals surface area contributed by atoms with Crippen molar-refractivity contribution >= 4 is 12.4 Å². The van der Waals surface area contributed by atoms with Gasteiger partial charge in [-0.3, -0.25) is 0 Å². The van der Waals surface area contributed by atoms with Gasteiger partial charge in [0.05, 0.1) is 18.8 Å².